The fourth-order valence-corrected chi connectivity index (χ4v) is 4.58. The standard InChI is InChI=1S/C17H12Cl2F3N3O3S/c1-2-29(27,28)15-12(19)6-10(18)7-14(15)24-25-8-23-13-4-3-9(17(20,21)22)5-11(13)16(25)26/h3-8H,2H2,1H3,(H-,24,27,28)/p+1. The van der Waals surface area contributed by atoms with Crippen LogP contribution in [-0.4, -0.2) is 20.0 Å². The number of fused-ring (bicyclic) bond motifs is 1. The van der Waals surface area contributed by atoms with Crippen LogP contribution in [0.3, 0.4) is 0 Å². The van der Waals surface area contributed by atoms with Crippen LogP contribution in [-0.2, 0) is 20.6 Å². The minimum Gasteiger partial charge on any atom is -0.285 e. The van der Waals surface area contributed by atoms with Gasteiger partial charge in [-0.2, -0.15) is 17.7 Å². The number of anilines is 1. The molecule has 0 aliphatic carbocycles. The van der Waals surface area contributed by atoms with E-state index in [1.54, 1.807) is 0 Å². The number of rotatable bonds is 4. The average molecular weight is 467 g/mol. The summed E-state index contributed by atoms with van der Waals surface area (Å²) < 4.78 is 62.4. The Morgan fingerprint density at radius 3 is 2.55 bits per heavy atom. The number of nitrogens with one attached hydrogen (secondary N) is 1. The predicted molar refractivity (Wildman–Crippen MR) is 106 cm³/mol. The van der Waals surface area contributed by atoms with Crippen molar-refractivity contribution < 1.29 is 21.9 Å². The van der Waals surface area contributed by atoms with Gasteiger partial charge in [0.05, 0.1) is 16.5 Å². The molecule has 1 heterocycles. The Morgan fingerprint density at radius 2 is 1.93 bits per heavy atom. The van der Waals surface area contributed by atoms with Gasteiger partial charge in [-0.3, -0.25) is 10.2 Å². The van der Waals surface area contributed by atoms with Gasteiger partial charge in [-0.05, 0) is 37.3 Å². The highest BCUT2D eigenvalue weighted by atomic mass is 35.5. The van der Waals surface area contributed by atoms with E-state index in [0.29, 0.717) is 6.07 Å². The predicted octanol–water partition coefficient (Wildman–Crippen LogP) is 4.95. The van der Waals surface area contributed by atoms with E-state index in [1.165, 1.54) is 19.1 Å². The number of halogens is 5. The van der Waals surface area contributed by atoms with E-state index < -0.39 is 27.5 Å². The fourth-order valence-electron chi connectivity index (χ4n) is 2.62. The molecule has 0 spiro atoms. The molecular formula is C17H13Cl2F3N3O3S+. The number of hydrogen-bond donors (Lipinski definition) is 2. The molecule has 1 unspecified atom stereocenters. The average Bonchev–Trinajstić information content (AvgIpc) is 2.62. The lowest BCUT2D eigenvalue weighted by Gasteiger charge is -2.14. The van der Waals surface area contributed by atoms with Crippen molar-refractivity contribution in [1.82, 2.24) is 9.66 Å². The molecule has 0 saturated carbocycles. The smallest absolute Gasteiger partial charge is 0.285 e. The van der Waals surface area contributed by atoms with Crippen LogP contribution in [0.4, 0.5) is 18.9 Å². The minimum absolute atomic E-state index is 0.0490. The van der Waals surface area contributed by atoms with Gasteiger partial charge in [-0.25, -0.2) is 9.66 Å². The zero-order valence-electron chi connectivity index (χ0n) is 14.6. The molecule has 0 fully saturated rings. The van der Waals surface area contributed by atoms with E-state index >= 15 is 0 Å². The van der Waals surface area contributed by atoms with Gasteiger partial charge in [0.25, 0.3) is 15.8 Å². The van der Waals surface area contributed by atoms with Gasteiger partial charge in [0.15, 0.2) is 0 Å². The van der Waals surface area contributed by atoms with Crippen molar-refractivity contribution in [1.29, 1.82) is 0 Å². The molecule has 2 aromatic carbocycles. The molecule has 3 rings (SSSR count). The van der Waals surface area contributed by atoms with Crippen molar-refractivity contribution in [3.63, 3.8) is 0 Å². The molecule has 1 atom stereocenters. The lowest BCUT2D eigenvalue weighted by atomic mass is 10.1. The molecule has 6 nitrogen and oxygen atoms in total. The molecule has 12 heteroatoms. The lowest BCUT2D eigenvalue weighted by molar-refractivity contribution is -0.137. The van der Waals surface area contributed by atoms with E-state index in [1.807, 2.05) is 0 Å². The van der Waals surface area contributed by atoms with Crippen molar-refractivity contribution in [2.75, 3.05) is 11.2 Å². The van der Waals surface area contributed by atoms with Gasteiger partial charge < -0.3 is 0 Å². The van der Waals surface area contributed by atoms with Crippen molar-refractivity contribution >= 4 is 50.0 Å². The highest BCUT2D eigenvalue weighted by Gasteiger charge is 2.34. The third kappa shape index (κ3) is 4.25. The lowest BCUT2D eigenvalue weighted by Crippen LogP contribution is -2.28. The molecule has 0 aliphatic heterocycles. The van der Waals surface area contributed by atoms with Gasteiger partial charge in [0.1, 0.15) is 22.8 Å². The summed E-state index contributed by atoms with van der Waals surface area (Å²) >= 11 is 12.0. The molecule has 0 saturated heterocycles. The molecule has 0 aliphatic rings. The third-order valence-corrected chi connectivity index (χ3v) is 6.53. The maximum atomic E-state index is 13.0. The van der Waals surface area contributed by atoms with Gasteiger partial charge in [0, 0.05) is 5.02 Å². The number of benzene rings is 2. The van der Waals surface area contributed by atoms with Crippen molar-refractivity contribution in [2.24, 2.45) is 0 Å². The van der Waals surface area contributed by atoms with E-state index in [-0.39, 0.29) is 37.3 Å². The van der Waals surface area contributed by atoms with Gasteiger partial charge >= 0.3 is 6.18 Å². The third-order valence-electron chi connectivity index (χ3n) is 4.04. The Labute approximate surface area is 173 Å². The van der Waals surface area contributed by atoms with E-state index in [4.69, 9.17) is 23.2 Å². The summed E-state index contributed by atoms with van der Waals surface area (Å²) in [4.78, 5) is 16.5. The Balaban J connectivity index is 2.18. The maximum Gasteiger partial charge on any atom is 0.416 e. The van der Waals surface area contributed by atoms with Crippen LogP contribution in [0.2, 0.25) is 10.0 Å². The minimum atomic E-state index is -4.63. The van der Waals surface area contributed by atoms with Crippen molar-refractivity contribution in [3.05, 3.63) is 62.6 Å². The number of aromatic nitrogens is 2. The normalized spacial score (nSPS) is 14.0. The van der Waals surface area contributed by atoms with Crippen LogP contribution in [0, 0.1) is 0 Å². The van der Waals surface area contributed by atoms with Crippen LogP contribution in [0.5, 0.6) is 0 Å². The van der Waals surface area contributed by atoms with Gasteiger partial charge in [-0.1, -0.05) is 27.4 Å². The highest BCUT2D eigenvalue weighted by molar-refractivity contribution is 7.98. The van der Waals surface area contributed by atoms with E-state index in [2.05, 4.69) is 10.4 Å². The van der Waals surface area contributed by atoms with Crippen molar-refractivity contribution in [3.8, 4) is 0 Å². The second-order valence-electron chi connectivity index (χ2n) is 5.95. The van der Waals surface area contributed by atoms with Crippen LogP contribution in [0.1, 0.15) is 12.5 Å². The Kier molecular flexibility index (Phi) is 5.65. The summed E-state index contributed by atoms with van der Waals surface area (Å²) in [5.41, 5.74) is 0.731. The number of hydrogen-bond acceptors (Lipinski definition) is 4. The molecule has 29 heavy (non-hydrogen) atoms. The van der Waals surface area contributed by atoms with Crippen LogP contribution < -0.4 is 11.0 Å². The first-order valence-electron chi connectivity index (χ1n) is 8.03. The molecule has 0 bridgehead atoms. The molecule has 0 amide bonds. The summed E-state index contributed by atoms with van der Waals surface area (Å²) in [5.74, 6) is -0.164. The molecule has 154 valence electrons. The first kappa shape index (κ1) is 21.6. The largest absolute Gasteiger partial charge is 0.416 e. The zero-order valence-corrected chi connectivity index (χ0v) is 17.0. The van der Waals surface area contributed by atoms with E-state index in [9.17, 15) is 26.7 Å². The summed E-state index contributed by atoms with van der Waals surface area (Å²) in [6.45, 7) is 1.47. The highest BCUT2D eigenvalue weighted by Crippen LogP contribution is 2.36. The molecule has 1 aromatic heterocycles. The summed E-state index contributed by atoms with van der Waals surface area (Å²) in [6, 6.07) is 5.14. The van der Waals surface area contributed by atoms with Crippen LogP contribution in [0.25, 0.3) is 10.9 Å². The second kappa shape index (κ2) is 7.60. The van der Waals surface area contributed by atoms with Crippen LogP contribution >= 0.6 is 23.2 Å². The van der Waals surface area contributed by atoms with Gasteiger partial charge in [0.2, 0.25) is 4.90 Å². The first-order valence-corrected chi connectivity index (χ1v) is 10.5. The molecule has 0 radical (unpaired) electrons. The first-order chi connectivity index (χ1) is 13.4. The molecule has 2 N–H and O–H groups in total. The number of alkyl halides is 3. The molecular weight excluding hydrogens is 454 g/mol. The Morgan fingerprint density at radius 1 is 1.24 bits per heavy atom. The SMILES string of the molecule is CC[S+](=O)(O)c1c(Cl)cc(Cl)cc1Nn1cnc2ccc(C(F)(F)F)cc2c1=O. The summed E-state index contributed by atoms with van der Waals surface area (Å²) in [6.07, 6.45) is -3.59. The van der Waals surface area contributed by atoms with Crippen molar-refractivity contribution in [2.45, 2.75) is 18.0 Å². The molecule has 3 aromatic rings. The fraction of sp³-hybridized carbons (Fsp3) is 0.176. The summed E-state index contributed by atoms with van der Waals surface area (Å²) in [7, 11) is -3.57. The monoisotopic (exact) mass is 466 g/mol. The zero-order chi connectivity index (χ0) is 21.6. The topological polar surface area (TPSA) is 84.2 Å². The maximum absolute atomic E-state index is 13.0. The van der Waals surface area contributed by atoms with E-state index in [0.717, 1.165) is 23.1 Å². The quantitative estimate of drug-likeness (QED) is 0.531. The Hall–Kier alpha value is -2.14. The van der Waals surface area contributed by atoms with Gasteiger partial charge in [-0.15, -0.1) is 0 Å². The van der Waals surface area contributed by atoms with Crippen LogP contribution in [0.15, 0.2) is 46.3 Å². The second-order valence-corrected chi connectivity index (χ2v) is 9.06. The Bertz CT molecular complexity index is 1210. The number of nitrogens with zero attached hydrogens (tertiary/aromatic N) is 2. The summed E-state index contributed by atoms with van der Waals surface area (Å²) in [5, 5.41) is -0.270.